The number of esters is 1. The molecule has 0 saturated heterocycles. The molecule has 0 amide bonds. The van der Waals surface area contributed by atoms with Crippen LogP contribution in [0.15, 0.2) is 6.20 Å². The topological polar surface area (TPSA) is 52.1 Å². The highest BCUT2D eigenvalue weighted by molar-refractivity contribution is 6.33. The summed E-state index contributed by atoms with van der Waals surface area (Å²) in [6, 6.07) is 0. The Morgan fingerprint density at radius 1 is 1.38 bits per heavy atom. The second kappa shape index (κ2) is 6.30. The van der Waals surface area contributed by atoms with Crippen molar-refractivity contribution in [2.24, 2.45) is 5.41 Å². The van der Waals surface area contributed by atoms with E-state index in [1.807, 2.05) is 13.8 Å². The van der Waals surface area contributed by atoms with Crippen LogP contribution in [0.2, 0.25) is 5.02 Å². The number of carbonyl (C=O) groups is 1. The Labute approximate surface area is 131 Å². The monoisotopic (exact) mass is 310 g/mol. The highest BCUT2D eigenvalue weighted by Crippen LogP contribution is 2.36. The van der Waals surface area contributed by atoms with E-state index >= 15 is 0 Å². The molecule has 1 heterocycles. The van der Waals surface area contributed by atoms with Crippen LogP contribution >= 0.6 is 11.6 Å². The van der Waals surface area contributed by atoms with Crippen LogP contribution in [0.3, 0.4) is 0 Å². The largest absolute Gasteiger partial charge is 0.458 e. The van der Waals surface area contributed by atoms with Gasteiger partial charge in [0.25, 0.3) is 0 Å². The zero-order valence-corrected chi connectivity index (χ0v) is 13.9. The minimum absolute atomic E-state index is 0.0287. The molecule has 4 nitrogen and oxygen atoms in total. The first-order valence-electron chi connectivity index (χ1n) is 7.52. The number of rotatable bonds is 3. The molecule has 116 valence electrons. The fraction of sp³-hybridized carbons (Fsp3) is 0.688. The average molecular weight is 311 g/mol. The van der Waals surface area contributed by atoms with Gasteiger partial charge in [0.2, 0.25) is 0 Å². The number of aromatic nitrogens is 2. The zero-order valence-electron chi connectivity index (χ0n) is 13.1. The molecule has 0 N–H and O–H groups in total. The van der Waals surface area contributed by atoms with Crippen LogP contribution in [-0.4, -0.2) is 22.0 Å². The molecule has 1 saturated carbocycles. The summed E-state index contributed by atoms with van der Waals surface area (Å²) in [4.78, 5) is 20.7. The maximum absolute atomic E-state index is 12.3. The van der Waals surface area contributed by atoms with Gasteiger partial charge in [-0.25, -0.2) is 14.8 Å². The predicted octanol–water partition coefficient (Wildman–Crippen LogP) is 4.38. The maximum atomic E-state index is 12.3. The van der Waals surface area contributed by atoms with Crippen LogP contribution in [0.25, 0.3) is 0 Å². The van der Waals surface area contributed by atoms with Crippen molar-refractivity contribution in [1.29, 1.82) is 0 Å². The van der Waals surface area contributed by atoms with Crippen molar-refractivity contribution >= 4 is 17.6 Å². The van der Waals surface area contributed by atoms with Gasteiger partial charge in [-0.15, -0.1) is 0 Å². The molecule has 0 spiro atoms. The molecular formula is C16H23ClN2O2. The molecule has 0 aromatic carbocycles. The molecule has 0 atom stereocenters. The molecule has 5 heteroatoms. The highest BCUT2D eigenvalue weighted by atomic mass is 35.5. The number of ether oxygens (including phenoxy) is 1. The summed E-state index contributed by atoms with van der Waals surface area (Å²) >= 11 is 6.03. The van der Waals surface area contributed by atoms with Crippen molar-refractivity contribution < 1.29 is 9.53 Å². The van der Waals surface area contributed by atoms with Gasteiger partial charge in [-0.2, -0.15) is 0 Å². The summed E-state index contributed by atoms with van der Waals surface area (Å²) in [5, 5.41) is 0.250. The van der Waals surface area contributed by atoms with Crippen molar-refractivity contribution in [3.63, 3.8) is 0 Å². The average Bonchev–Trinajstić information content (AvgIpc) is 2.41. The lowest BCUT2D eigenvalue weighted by molar-refractivity contribution is 0.00888. The van der Waals surface area contributed by atoms with E-state index < -0.39 is 5.97 Å². The van der Waals surface area contributed by atoms with E-state index in [-0.39, 0.29) is 22.7 Å². The smallest absolute Gasteiger partial charge is 0.358 e. The van der Waals surface area contributed by atoms with E-state index in [9.17, 15) is 4.79 Å². The Kier molecular flexibility index (Phi) is 4.87. The van der Waals surface area contributed by atoms with Crippen LogP contribution < -0.4 is 0 Å². The minimum Gasteiger partial charge on any atom is -0.458 e. The van der Waals surface area contributed by atoms with Crippen LogP contribution in [0.1, 0.15) is 75.6 Å². The SMILES string of the molecule is CC(C)c1ncc(Cl)c(C(=O)OC2CCC(C)(C)CC2)n1. The Bertz CT molecular complexity index is 519. The fourth-order valence-corrected chi connectivity index (χ4v) is 2.67. The molecule has 0 aliphatic heterocycles. The number of hydrogen-bond acceptors (Lipinski definition) is 4. The summed E-state index contributed by atoms with van der Waals surface area (Å²) in [7, 11) is 0. The van der Waals surface area contributed by atoms with Crippen LogP contribution in [-0.2, 0) is 4.74 Å². The molecule has 0 bridgehead atoms. The van der Waals surface area contributed by atoms with Crippen molar-refractivity contribution in [3.8, 4) is 0 Å². The standard InChI is InChI=1S/C16H23ClN2O2/c1-10(2)14-18-9-12(17)13(19-14)15(20)21-11-5-7-16(3,4)8-6-11/h9-11H,5-8H2,1-4H3. The molecule has 1 aromatic rings. The van der Waals surface area contributed by atoms with Crippen LogP contribution in [0, 0.1) is 5.41 Å². The van der Waals surface area contributed by atoms with Crippen molar-refractivity contribution in [2.75, 3.05) is 0 Å². The predicted molar refractivity (Wildman–Crippen MR) is 82.6 cm³/mol. The second-order valence-corrected chi connectivity index (χ2v) is 7.26. The molecule has 2 rings (SSSR count). The summed E-state index contributed by atoms with van der Waals surface area (Å²) in [5.74, 6) is 0.314. The Morgan fingerprint density at radius 3 is 2.57 bits per heavy atom. The second-order valence-electron chi connectivity index (χ2n) is 6.85. The third-order valence-corrected chi connectivity index (χ3v) is 4.31. The molecule has 0 unspecified atom stereocenters. The summed E-state index contributed by atoms with van der Waals surface area (Å²) in [6.45, 7) is 8.45. The highest BCUT2D eigenvalue weighted by Gasteiger charge is 2.30. The van der Waals surface area contributed by atoms with Gasteiger partial charge < -0.3 is 4.74 Å². The van der Waals surface area contributed by atoms with Gasteiger partial charge in [-0.1, -0.05) is 39.3 Å². The quantitative estimate of drug-likeness (QED) is 0.777. The van der Waals surface area contributed by atoms with Crippen molar-refractivity contribution in [2.45, 2.75) is 65.4 Å². The van der Waals surface area contributed by atoms with E-state index in [1.165, 1.54) is 6.20 Å². The molecule has 1 aliphatic rings. The third kappa shape index (κ3) is 4.16. The number of nitrogens with zero attached hydrogens (tertiary/aromatic N) is 2. The molecule has 1 aliphatic carbocycles. The first-order chi connectivity index (χ1) is 9.78. The normalized spacial score (nSPS) is 18.8. The first kappa shape index (κ1) is 16.2. The van der Waals surface area contributed by atoms with E-state index in [4.69, 9.17) is 16.3 Å². The number of carbonyl (C=O) groups excluding carboxylic acids is 1. The van der Waals surface area contributed by atoms with Gasteiger partial charge in [0.05, 0.1) is 11.2 Å². The lowest BCUT2D eigenvalue weighted by Gasteiger charge is -2.33. The van der Waals surface area contributed by atoms with Crippen LogP contribution in [0.5, 0.6) is 0 Å². The lowest BCUT2D eigenvalue weighted by Crippen LogP contribution is -2.28. The van der Waals surface area contributed by atoms with E-state index in [0.717, 1.165) is 25.7 Å². The Hall–Kier alpha value is -1.16. The van der Waals surface area contributed by atoms with Gasteiger partial charge in [0.15, 0.2) is 5.69 Å². The summed E-state index contributed by atoms with van der Waals surface area (Å²) < 4.78 is 5.57. The molecule has 21 heavy (non-hydrogen) atoms. The molecule has 1 aromatic heterocycles. The molecule has 1 fully saturated rings. The van der Waals surface area contributed by atoms with Gasteiger partial charge in [-0.3, -0.25) is 0 Å². The number of halogens is 1. The van der Waals surface area contributed by atoms with Gasteiger partial charge in [-0.05, 0) is 31.1 Å². The zero-order chi connectivity index (χ0) is 15.6. The van der Waals surface area contributed by atoms with Gasteiger partial charge in [0.1, 0.15) is 11.9 Å². The van der Waals surface area contributed by atoms with E-state index in [1.54, 1.807) is 0 Å². The fourth-order valence-electron chi connectivity index (χ4n) is 2.50. The maximum Gasteiger partial charge on any atom is 0.358 e. The Balaban J connectivity index is 2.05. The lowest BCUT2D eigenvalue weighted by atomic mass is 9.76. The van der Waals surface area contributed by atoms with Crippen molar-refractivity contribution in [1.82, 2.24) is 9.97 Å². The van der Waals surface area contributed by atoms with Crippen molar-refractivity contribution in [3.05, 3.63) is 22.7 Å². The van der Waals surface area contributed by atoms with E-state index in [0.29, 0.717) is 11.2 Å². The Morgan fingerprint density at radius 2 is 2.00 bits per heavy atom. The summed E-state index contributed by atoms with van der Waals surface area (Å²) in [6.07, 6.45) is 5.39. The van der Waals surface area contributed by atoms with E-state index in [2.05, 4.69) is 23.8 Å². The molecular weight excluding hydrogens is 288 g/mol. The van der Waals surface area contributed by atoms with Crippen LogP contribution in [0.4, 0.5) is 0 Å². The molecule has 0 radical (unpaired) electrons. The van der Waals surface area contributed by atoms with Gasteiger partial charge >= 0.3 is 5.97 Å². The van der Waals surface area contributed by atoms with Gasteiger partial charge in [0, 0.05) is 5.92 Å². The summed E-state index contributed by atoms with van der Waals surface area (Å²) in [5.41, 5.74) is 0.528. The minimum atomic E-state index is -0.436. The third-order valence-electron chi connectivity index (χ3n) is 4.03. The number of hydrogen-bond donors (Lipinski definition) is 0. The first-order valence-corrected chi connectivity index (χ1v) is 7.90.